The van der Waals surface area contributed by atoms with Crippen LogP contribution in [0.4, 0.5) is 5.69 Å². The minimum absolute atomic E-state index is 0.155. The summed E-state index contributed by atoms with van der Waals surface area (Å²) in [6.45, 7) is 4.58. The summed E-state index contributed by atoms with van der Waals surface area (Å²) in [4.78, 5) is 12.1. The number of rotatable bonds is 6. The summed E-state index contributed by atoms with van der Waals surface area (Å²) >= 11 is 3.36. The molecule has 1 aliphatic rings. The van der Waals surface area contributed by atoms with Crippen LogP contribution in [0.1, 0.15) is 25.7 Å². The number of hydrogen-bond donors (Lipinski definition) is 2. The second-order valence-electron chi connectivity index (χ2n) is 5.18. The molecule has 1 aliphatic carbocycles. The number of hydrogen-bond acceptors (Lipinski definition) is 4. The Labute approximate surface area is 127 Å². The normalized spacial score (nSPS) is 17.1. The quantitative estimate of drug-likeness (QED) is 0.778. The fourth-order valence-electron chi connectivity index (χ4n) is 2.75. The van der Waals surface area contributed by atoms with Crippen molar-refractivity contribution in [1.29, 1.82) is 0 Å². The Bertz CT molecular complexity index is 522. The second-order valence-corrected chi connectivity index (χ2v) is 5.97. The molecule has 110 valence electrons. The number of halogens is 1. The van der Waals surface area contributed by atoms with Gasteiger partial charge in [0.1, 0.15) is 4.47 Å². The van der Waals surface area contributed by atoms with Gasteiger partial charge in [-0.25, -0.2) is 4.68 Å². The first-order valence-electron chi connectivity index (χ1n) is 7.00. The molecule has 0 amide bonds. The minimum atomic E-state index is -0.155. The molecule has 20 heavy (non-hydrogen) atoms. The number of nitrogens with one attached hydrogen (secondary N) is 1. The van der Waals surface area contributed by atoms with Crippen molar-refractivity contribution in [3.05, 3.63) is 33.7 Å². The maximum Gasteiger partial charge on any atom is 0.283 e. The predicted octanol–water partition coefficient (Wildman–Crippen LogP) is 2.12. The third kappa shape index (κ3) is 3.30. The highest BCUT2D eigenvalue weighted by Gasteiger charge is 2.24. The molecule has 1 atom stereocenters. The molecule has 3 N–H and O–H groups in total. The molecule has 0 aliphatic heterocycles. The highest BCUT2D eigenvalue weighted by atomic mass is 79.9. The summed E-state index contributed by atoms with van der Waals surface area (Å²) < 4.78 is 1.88. The molecule has 0 saturated heterocycles. The van der Waals surface area contributed by atoms with Crippen LogP contribution in [0.25, 0.3) is 0 Å². The summed E-state index contributed by atoms with van der Waals surface area (Å²) in [6.07, 6.45) is 8.26. The monoisotopic (exact) mass is 340 g/mol. The molecule has 1 unspecified atom stereocenters. The van der Waals surface area contributed by atoms with E-state index < -0.39 is 0 Å². The Hall–Kier alpha value is -1.14. The molecule has 6 heteroatoms. The summed E-state index contributed by atoms with van der Waals surface area (Å²) in [5, 5.41) is 7.52. The van der Waals surface area contributed by atoms with Crippen molar-refractivity contribution >= 4 is 21.6 Å². The van der Waals surface area contributed by atoms with Crippen molar-refractivity contribution in [2.45, 2.75) is 38.3 Å². The van der Waals surface area contributed by atoms with Crippen LogP contribution >= 0.6 is 15.9 Å². The van der Waals surface area contributed by atoms with Gasteiger partial charge in [-0.3, -0.25) is 4.79 Å². The van der Waals surface area contributed by atoms with Crippen LogP contribution in [-0.4, -0.2) is 22.4 Å². The van der Waals surface area contributed by atoms with Crippen LogP contribution < -0.4 is 16.6 Å². The summed E-state index contributed by atoms with van der Waals surface area (Å²) in [5.74, 6) is 0.586. The van der Waals surface area contributed by atoms with Crippen LogP contribution in [0.2, 0.25) is 0 Å². The van der Waals surface area contributed by atoms with E-state index in [2.05, 4.69) is 32.9 Å². The Morgan fingerprint density at radius 3 is 2.90 bits per heavy atom. The molecule has 0 aromatic carbocycles. The van der Waals surface area contributed by atoms with E-state index in [9.17, 15) is 4.79 Å². The van der Waals surface area contributed by atoms with E-state index >= 15 is 0 Å². The van der Waals surface area contributed by atoms with Gasteiger partial charge in [0, 0.05) is 12.6 Å². The van der Waals surface area contributed by atoms with Gasteiger partial charge in [-0.05, 0) is 34.7 Å². The van der Waals surface area contributed by atoms with Gasteiger partial charge in [-0.1, -0.05) is 18.9 Å². The number of nitrogens with two attached hydrogens (primary N) is 1. The van der Waals surface area contributed by atoms with E-state index in [1.807, 2.05) is 0 Å². The lowest BCUT2D eigenvalue weighted by molar-refractivity contribution is 0.461. The first kappa shape index (κ1) is 15.3. The molecule has 0 spiro atoms. The van der Waals surface area contributed by atoms with E-state index in [1.165, 1.54) is 30.4 Å². The average molecular weight is 341 g/mol. The highest BCUT2D eigenvalue weighted by molar-refractivity contribution is 9.10. The fourth-order valence-corrected chi connectivity index (χ4v) is 3.17. The number of allylic oxidation sites excluding steroid dienone is 1. The Morgan fingerprint density at radius 2 is 2.30 bits per heavy atom. The van der Waals surface area contributed by atoms with E-state index in [0.29, 0.717) is 23.5 Å². The van der Waals surface area contributed by atoms with E-state index in [1.54, 1.807) is 12.3 Å². The average Bonchev–Trinajstić information content (AvgIpc) is 2.97. The molecule has 1 saturated carbocycles. The number of anilines is 1. The Balaban J connectivity index is 2.17. The first-order chi connectivity index (χ1) is 9.67. The lowest BCUT2D eigenvalue weighted by Gasteiger charge is -2.24. The third-order valence-corrected chi connectivity index (χ3v) is 4.62. The van der Waals surface area contributed by atoms with Gasteiger partial charge in [0.2, 0.25) is 0 Å². The topological polar surface area (TPSA) is 72.9 Å². The zero-order chi connectivity index (χ0) is 14.5. The summed E-state index contributed by atoms with van der Waals surface area (Å²) in [7, 11) is 0. The minimum Gasteiger partial charge on any atom is -0.378 e. The smallest absolute Gasteiger partial charge is 0.283 e. The van der Waals surface area contributed by atoms with Gasteiger partial charge < -0.3 is 11.1 Å². The molecular weight excluding hydrogens is 320 g/mol. The van der Waals surface area contributed by atoms with Crippen molar-refractivity contribution in [1.82, 2.24) is 9.78 Å². The van der Waals surface area contributed by atoms with Gasteiger partial charge in [-0.2, -0.15) is 5.10 Å². The van der Waals surface area contributed by atoms with Gasteiger partial charge in [0.15, 0.2) is 0 Å². The zero-order valence-corrected chi connectivity index (χ0v) is 13.1. The Kier molecular flexibility index (Phi) is 5.37. The molecule has 1 aromatic rings. The molecule has 0 radical (unpaired) electrons. The fraction of sp³-hybridized carbons (Fsp3) is 0.571. The maximum atomic E-state index is 12.1. The molecule has 0 bridgehead atoms. The van der Waals surface area contributed by atoms with Crippen LogP contribution in [0.5, 0.6) is 0 Å². The second kappa shape index (κ2) is 7.04. The zero-order valence-electron chi connectivity index (χ0n) is 11.5. The molecule has 1 aromatic heterocycles. The standard InChI is InChI=1S/C14H21BrN4O/c1-2-7-19-14(20)13(15)12(9-17-19)18-11(8-16)10-5-3-4-6-10/h2,9-11,18H,1,3-8,16H2. The van der Waals surface area contributed by atoms with Gasteiger partial charge in [0.25, 0.3) is 5.56 Å². The van der Waals surface area contributed by atoms with Crippen LogP contribution in [0.15, 0.2) is 28.1 Å². The third-order valence-electron chi connectivity index (χ3n) is 3.85. The molecule has 1 heterocycles. The van der Waals surface area contributed by atoms with Crippen LogP contribution in [0, 0.1) is 5.92 Å². The van der Waals surface area contributed by atoms with E-state index in [0.717, 1.165) is 5.69 Å². The van der Waals surface area contributed by atoms with Crippen molar-refractivity contribution in [2.24, 2.45) is 11.7 Å². The van der Waals surface area contributed by atoms with Gasteiger partial charge >= 0.3 is 0 Å². The van der Waals surface area contributed by atoms with Gasteiger partial charge in [0.05, 0.1) is 18.4 Å². The van der Waals surface area contributed by atoms with Gasteiger partial charge in [-0.15, -0.1) is 6.58 Å². The van der Waals surface area contributed by atoms with Crippen molar-refractivity contribution < 1.29 is 0 Å². The molecular formula is C14H21BrN4O. The lowest BCUT2D eigenvalue weighted by Crippen LogP contribution is -2.36. The molecule has 2 rings (SSSR count). The number of nitrogens with zero attached hydrogens (tertiary/aromatic N) is 2. The van der Waals surface area contributed by atoms with Crippen LogP contribution in [0.3, 0.4) is 0 Å². The lowest BCUT2D eigenvalue weighted by atomic mass is 9.98. The van der Waals surface area contributed by atoms with Crippen LogP contribution in [-0.2, 0) is 6.54 Å². The van der Waals surface area contributed by atoms with Crippen molar-refractivity contribution in [3.8, 4) is 0 Å². The molecule has 1 fully saturated rings. The SMILES string of the molecule is C=CCn1ncc(NC(CN)C2CCCC2)c(Br)c1=O. The van der Waals surface area contributed by atoms with E-state index in [-0.39, 0.29) is 11.6 Å². The van der Waals surface area contributed by atoms with Crippen molar-refractivity contribution in [3.63, 3.8) is 0 Å². The summed E-state index contributed by atoms with van der Waals surface area (Å²) in [5.41, 5.74) is 6.44. The summed E-state index contributed by atoms with van der Waals surface area (Å²) in [6, 6.07) is 0.199. The molecule has 5 nitrogen and oxygen atoms in total. The van der Waals surface area contributed by atoms with Crippen molar-refractivity contribution in [2.75, 3.05) is 11.9 Å². The number of aromatic nitrogens is 2. The predicted molar refractivity (Wildman–Crippen MR) is 84.8 cm³/mol. The highest BCUT2D eigenvalue weighted by Crippen LogP contribution is 2.29. The largest absolute Gasteiger partial charge is 0.378 e. The first-order valence-corrected chi connectivity index (χ1v) is 7.79. The Morgan fingerprint density at radius 1 is 1.60 bits per heavy atom. The maximum absolute atomic E-state index is 12.1. The van der Waals surface area contributed by atoms with E-state index in [4.69, 9.17) is 5.73 Å².